The van der Waals surface area contributed by atoms with Gasteiger partial charge in [-0.1, -0.05) is 19.3 Å². The maximum Gasteiger partial charge on any atom is 0.225 e. The highest BCUT2D eigenvalue weighted by molar-refractivity contribution is 5.34. The minimum atomic E-state index is 0.349. The third kappa shape index (κ3) is 4.19. The van der Waals surface area contributed by atoms with E-state index in [1.165, 1.54) is 50.5 Å². The lowest BCUT2D eigenvalue weighted by Crippen LogP contribution is -2.29. The first-order chi connectivity index (χ1) is 10.7. The summed E-state index contributed by atoms with van der Waals surface area (Å²) in [6, 6.07) is 0.349. The van der Waals surface area contributed by atoms with Gasteiger partial charge in [-0.15, -0.1) is 0 Å². The Morgan fingerprint density at radius 2 is 1.86 bits per heavy atom. The van der Waals surface area contributed by atoms with Crippen molar-refractivity contribution < 1.29 is 0 Å². The zero-order valence-corrected chi connectivity index (χ0v) is 14.1. The number of anilines is 1. The standard InChI is InChI=1S/C18H30N4/c1-14(19-12-16-8-9-16)17-13-20-18(21-15(17)2)22-10-6-4-3-5-7-11-22/h13-14,16,19H,3-12H2,1-2H3/t14-/m1/s1. The predicted molar refractivity (Wildman–Crippen MR) is 91.2 cm³/mol. The molecule has 1 aliphatic carbocycles. The fraction of sp³-hybridized carbons (Fsp3) is 0.778. The van der Waals surface area contributed by atoms with Crippen LogP contribution >= 0.6 is 0 Å². The van der Waals surface area contributed by atoms with Crippen LogP contribution in [0.5, 0.6) is 0 Å². The highest BCUT2D eigenvalue weighted by Crippen LogP contribution is 2.29. The molecule has 0 bridgehead atoms. The van der Waals surface area contributed by atoms with Crippen molar-refractivity contribution in [2.75, 3.05) is 24.5 Å². The normalized spacial score (nSPS) is 21.3. The van der Waals surface area contributed by atoms with E-state index in [4.69, 9.17) is 4.98 Å². The molecular formula is C18H30N4. The van der Waals surface area contributed by atoms with Gasteiger partial charge in [-0.05, 0) is 52.0 Å². The Labute approximate surface area is 134 Å². The van der Waals surface area contributed by atoms with Crippen molar-refractivity contribution >= 4 is 5.95 Å². The van der Waals surface area contributed by atoms with E-state index in [1.807, 2.05) is 6.20 Å². The van der Waals surface area contributed by atoms with Crippen molar-refractivity contribution in [1.82, 2.24) is 15.3 Å². The number of hydrogen-bond donors (Lipinski definition) is 1. The minimum absolute atomic E-state index is 0.349. The van der Waals surface area contributed by atoms with Crippen LogP contribution in [0.25, 0.3) is 0 Å². The Kier molecular flexibility index (Phi) is 5.29. The molecule has 2 fully saturated rings. The summed E-state index contributed by atoms with van der Waals surface area (Å²) in [6.45, 7) is 7.70. The predicted octanol–water partition coefficient (Wildman–Crippen LogP) is 3.62. The molecule has 1 aliphatic heterocycles. The molecule has 0 spiro atoms. The van der Waals surface area contributed by atoms with Gasteiger partial charge in [0.05, 0.1) is 0 Å². The Hall–Kier alpha value is -1.16. The lowest BCUT2D eigenvalue weighted by atomic mass is 10.1. The Balaban J connectivity index is 1.64. The van der Waals surface area contributed by atoms with Crippen LogP contribution in [0, 0.1) is 12.8 Å². The molecule has 1 atom stereocenters. The van der Waals surface area contributed by atoms with Crippen LogP contribution in [-0.2, 0) is 0 Å². The van der Waals surface area contributed by atoms with Crippen molar-refractivity contribution in [2.24, 2.45) is 5.92 Å². The van der Waals surface area contributed by atoms with E-state index in [1.54, 1.807) is 0 Å². The molecule has 0 amide bonds. The summed E-state index contributed by atoms with van der Waals surface area (Å²) >= 11 is 0. The Morgan fingerprint density at radius 3 is 2.50 bits per heavy atom. The zero-order valence-electron chi connectivity index (χ0n) is 14.1. The molecule has 0 aromatic carbocycles. The second kappa shape index (κ2) is 7.40. The van der Waals surface area contributed by atoms with Crippen LogP contribution in [-0.4, -0.2) is 29.6 Å². The van der Waals surface area contributed by atoms with Gasteiger partial charge in [0.15, 0.2) is 0 Å². The maximum atomic E-state index is 4.81. The molecule has 22 heavy (non-hydrogen) atoms. The van der Waals surface area contributed by atoms with Gasteiger partial charge in [0.1, 0.15) is 0 Å². The van der Waals surface area contributed by atoms with Gasteiger partial charge >= 0.3 is 0 Å². The van der Waals surface area contributed by atoms with E-state index in [2.05, 4.69) is 29.0 Å². The summed E-state index contributed by atoms with van der Waals surface area (Å²) in [4.78, 5) is 11.9. The molecule has 1 N–H and O–H groups in total. The summed E-state index contributed by atoms with van der Waals surface area (Å²) in [6.07, 6.45) is 11.4. The molecule has 2 heterocycles. The van der Waals surface area contributed by atoms with Crippen molar-refractivity contribution in [2.45, 2.75) is 64.8 Å². The monoisotopic (exact) mass is 302 g/mol. The lowest BCUT2D eigenvalue weighted by molar-refractivity contribution is 0.538. The summed E-state index contributed by atoms with van der Waals surface area (Å²) < 4.78 is 0. The minimum Gasteiger partial charge on any atom is -0.341 e. The van der Waals surface area contributed by atoms with Crippen LogP contribution in [0.1, 0.15) is 69.2 Å². The highest BCUT2D eigenvalue weighted by atomic mass is 15.2. The SMILES string of the molecule is Cc1nc(N2CCCCCCC2)ncc1[C@@H](C)NCC1CC1. The largest absolute Gasteiger partial charge is 0.341 e. The highest BCUT2D eigenvalue weighted by Gasteiger charge is 2.22. The fourth-order valence-corrected chi connectivity index (χ4v) is 3.26. The number of nitrogens with one attached hydrogen (secondary N) is 1. The zero-order chi connectivity index (χ0) is 15.4. The molecule has 2 aliphatic rings. The average molecular weight is 302 g/mol. The van der Waals surface area contributed by atoms with E-state index in [9.17, 15) is 0 Å². The molecule has 1 aromatic heterocycles. The van der Waals surface area contributed by atoms with Crippen molar-refractivity contribution in [3.8, 4) is 0 Å². The van der Waals surface area contributed by atoms with Gasteiger partial charge in [0.25, 0.3) is 0 Å². The number of aromatic nitrogens is 2. The Bertz CT molecular complexity index is 476. The van der Waals surface area contributed by atoms with Crippen molar-refractivity contribution in [3.63, 3.8) is 0 Å². The average Bonchev–Trinajstić information content (AvgIpc) is 3.28. The summed E-state index contributed by atoms with van der Waals surface area (Å²) in [5, 5.41) is 3.63. The molecule has 4 nitrogen and oxygen atoms in total. The van der Waals surface area contributed by atoms with Gasteiger partial charge in [0.2, 0.25) is 5.95 Å². The van der Waals surface area contributed by atoms with Gasteiger partial charge < -0.3 is 10.2 Å². The quantitative estimate of drug-likeness (QED) is 0.902. The van der Waals surface area contributed by atoms with Crippen LogP contribution < -0.4 is 10.2 Å². The number of hydrogen-bond acceptors (Lipinski definition) is 4. The van der Waals surface area contributed by atoms with Gasteiger partial charge in [-0.2, -0.15) is 0 Å². The lowest BCUT2D eigenvalue weighted by Gasteiger charge is -2.25. The first-order valence-electron chi connectivity index (χ1n) is 9.06. The van der Waals surface area contributed by atoms with Crippen molar-refractivity contribution in [1.29, 1.82) is 0 Å². The van der Waals surface area contributed by atoms with Gasteiger partial charge in [-0.25, -0.2) is 9.97 Å². The third-order valence-electron chi connectivity index (χ3n) is 5.02. The Morgan fingerprint density at radius 1 is 1.18 bits per heavy atom. The molecule has 4 heteroatoms. The molecule has 1 saturated heterocycles. The first-order valence-corrected chi connectivity index (χ1v) is 9.06. The molecule has 1 saturated carbocycles. The van der Waals surface area contributed by atoms with Gasteiger partial charge in [0, 0.05) is 36.6 Å². The number of nitrogens with zero attached hydrogens (tertiary/aromatic N) is 3. The van der Waals surface area contributed by atoms with Crippen LogP contribution in [0.15, 0.2) is 6.20 Å². The molecule has 0 unspecified atom stereocenters. The molecule has 122 valence electrons. The second-order valence-electron chi connectivity index (χ2n) is 7.04. The topological polar surface area (TPSA) is 41.1 Å². The fourth-order valence-electron chi connectivity index (χ4n) is 3.26. The van der Waals surface area contributed by atoms with E-state index < -0.39 is 0 Å². The molecule has 3 rings (SSSR count). The molecule has 0 radical (unpaired) electrons. The van der Waals surface area contributed by atoms with E-state index in [0.717, 1.165) is 37.2 Å². The molecule has 1 aromatic rings. The van der Waals surface area contributed by atoms with Crippen LogP contribution in [0.2, 0.25) is 0 Å². The summed E-state index contributed by atoms with van der Waals surface area (Å²) in [5.41, 5.74) is 2.37. The number of rotatable bonds is 5. The third-order valence-corrected chi connectivity index (χ3v) is 5.02. The van der Waals surface area contributed by atoms with E-state index in [-0.39, 0.29) is 0 Å². The smallest absolute Gasteiger partial charge is 0.225 e. The van der Waals surface area contributed by atoms with Gasteiger partial charge in [-0.3, -0.25) is 0 Å². The summed E-state index contributed by atoms with van der Waals surface area (Å²) in [5.74, 6) is 1.83. The summed E-state index contributed by atoms with van der Waals surface area (Å²) in [7, 11) is 0. The van der Waals surface area contributed by atoms with E-state index in [0.29, 0.717) is 6.04 Å². The van der Waals surface area contributed by atoms with Crippen LogP contribution in [0.4, 0.5) is 5.95 Å². The van der Waals surface area contributed by atoms with Crippen molar-refractivity contribution in [3.05, 3.63) is 17.5 Å². The van der Waals surface area contributed by atoms with Crippen LogP contribution in [0.3, 0.4) is 0 Å². The first kappa shape index (κ1) is 15.7. The second-order valence-corrected chi connectivity index (χ2v) is 7.04. The van der Waals surface area contributed by atoms with E-state index >= 15 is 0 Å². The number of aryl methyl sites for hydroxylation is 1. The molecular weight excluding hydrogens is 272 g/mol. The maximum absolute atomic E-state index is 4.81.